The monoisotopic (exact) mass is 180 g/mol. The van der Waals surface area contributed by atoms with Gasteiger partial charge in [0.1, 0.15) is 13.1 Å². The lowest BCUT2D eigenvalue weighted by atomic mass is 10.7. The van der Waals surface area contributed by atoms with Gasteiger partial charge in [0.25, 0.3) is 0 Å². The largest absolute Gasteiger partial charge is 0.480 e. The van der Waals surface area contributed by atoms with Crippen LogP contribution in [0.25, 0.3) is 0 Å². The van der Waals surface area contributed by atoms with Crippen LogP contribution in [0.3, 0.4) is 0 Å². The maximum atomic E-state index is 9.88. The summed E-state index contributed by atoms with van der Waals surface area (Å²) < 4.78 is 4.77. The lowest BCUT2D eigenvalue weighted by molar-refractivity contribution is -0.136. The summed E-state index contributed by atoms with van der Waals surface area (Å²) in [7, 11) is 0. The summed E-state index contributed by atoms with van der Waals surface area (Å²) in [6, 6.07) is 0. The van der Waals surface area contributed by atoms with Crippen molar-refractivity contribution in [2.24, 2.45) is 0 Å². The molecule has 64 valence electrons. The van der Waals surface area contributed by atoms with E-state index in [0.717, 1.165) is 12.1 Å². The Kier molecular flexibility index (Phi) is 5.53. The second kappa shape index (κ2) is 5.96. The first-order valence-corrected chi connectivity index (χ1v) is 3.49. The molecule has 7 heteroatoms. The normalized spacial score (nSPS) is 9.45. The average Bonchev–Trinajstić information content (AvgIpc) is 1.85. The number of rotatable bonds is 6. The summed E-state index contributed by atoms with van der Waals surface area (Å²) in [5.74, 6) is -1.98. The quantitative estimate of drug-likeness (QED) is 0.304. The molecule has 0 aromatic carbocycles. The number of carboxylic acids is 2. The van der Waals surface area contributed by atoms with Crippen molar-refractivity contribution >= 4 is 24.1 Å². The van der Waals surface area contributed by atoms with E-state index in [4.69, 9.17) is 10.2 Å². The van der Waals surface area contributed by atoms with E-state index in [9.17, 15) is 9.59 Å². The van der Waals surface area contributed by atoms with Gasteiger partial charge in [0, 0.05) is 12.1 Å². The van der Waals surface area contributed by atoms with Crippen molar-refractivity contribution in [3.63, 3.8) is 0 Å². The molecule has 0 aliphatic rings. The molecule has 0 saturated carbocycles. The van der Waals surface area contributed by atoms with Gasteiger partial charge in [0.15, 0.2) is 0 Å². The van der Waals surface area contributed by atoms with Crippen LogP contribution in [0, 0.1) is 0 Å². The number of nitrogens with one attached hydrogen (secondary N) is 2. The van der Waals surface area contributed by atoms with E-state index in [-0.39, 0.29) is 13.1 Å². The molecular weight excluding hydrogens is 172 g/mol. The summed E-state index contributed by atoms with van der Waals surface area (Å²) in [6.45, 7) is -0.422. The summed E-state index contributed by atoms with van der Waals surface area (Å²) in [5.41, 5.74) is 0. The van der Waals surface area contributed by atoms with Gasteiger partial charge >= 0.3 is 11.9 Å². The molecule has 0 radical (unpaired) electrons. The highest BCUT2D eigenvalue weighted by molar-refractivity contribution is 7.95. The SMILES string of the molecule is O=C(O)CNSNCC(=O)O. The highest BCUT2D eigenvalue weighted by Gasteiger charge is 1.96. The molecule has 0 fully saturated rings. The van der Waals surface area contributed by atoms with Crippen molar-refractivity contribution < 1.29 is 19.8 Å². The smallest absolute Gasteiger partial charge is 0.318 e. The second-order valence-electron chi connectivity index (χ2n) is 1.53. The topological polar surface area (TPSA) is 98.7 Å². The third-order valence-corrected chi connectivity index (χ3v) is 1.17. The van der Waals surface area contributed by atoms with Gasteiger partial charge in [-0.2, -0.15) is 0 Å². The van der Waals surface area contributed by atoms with Crippen LogP contribution in [0.1, 0.15) is 0 Å². The Morgan fingerprint density at radius 3 is 1.73 bits per heavy atom. The van der Waals surface area contributed by atoms with Crippen LogP contribution in [0.4, 0.5) is 0 Å². The summed E-state index contributed by atoms with van der Waals surface area (Å²) in [5, 5.41) is 16.2. The summed E-state index contributed by atoms with van der Waals surface area (Å²) >= 11 is 0.848. The Morgan fingerprint density at radius 1 is 1.09 bits per heavy atom. The molecule has 0 atom stereocenters. The number of carboxylic acid groups (broad SMARTS) is 2. The van der Waals surface area contributed by atoms with Crippen molar-refractivity contribution in [2.75, 3.05) is 13.1 Å². The molecule has 0 aromatic rings. The molecule has 6 nitrogen and oxygen atoms in total. The standard InChI is InChI=1S/C4H8N2O4S/c7-3(8)1-5-11-6-2-4(9)10/h5-6H,1-2H2,(H,7,8)(H,9,10). The molecule has 0 saturated heterocycles. The van der Waals surface area contributed by atoms with Gasteiger partial charge in [-0.05, 0) is 0 Å². The Balaban J connectivity index is 3.03. The molecule has 0 unspecified atom stereocenters. The maximum absolute atomic E-state index is 9.88. The molecule has 0 bridgehead atoms. The summed E-state index contributed by atoms with van der Waals surface area (Å²) in [4.78, 5) is 19.8. The van der Waals surface area contributed by atoms with Gasteiger partial charge < -0.3 is 10.2 Å². The zero-order valence-corrected chi connectivity index (χ0v) is 6.35. The minimum absolute atomic E-state index is 0.211. The van der Waals surface area contributed by atoms with Crippen molar-refractivity contribution in [1.82, 2.24) is 9.44 Å². The van der Waals surface area contributed by atoms with Crippen LogP contribution in [0.2, 0.25) is 0 Å². The highest BCUT2D eigenvalue weighted by atomic mass is 32.2. The van der Waals surface area contributed by atoms with Gasteiger partial charge in [0.2, 0.25) is 0 Å². The van der Waals surface area contributed by atoms with Crippen molar-refractivity contribution in [3.05, 3.63) is 0 Å². The predicted molar refractivity (Wildman–Crippen MR) is 38.9 cm³/mol. The van der Waals surface area contributed by atoms with E-state index in [2.05, 4.69) is 9.44 Å². The molecule has 0 rings (SSSR count). The lowest BCUT2D eigenvalue weighted by Crippen LogP contribution is -2.23. The molecule has 0 heterocycles. The average molecular weight is 180 g/mol. The lowest BCUT2D eigenvalue weighted by Gasteiger charge is -1.98. The molecule has 0 aromatic heterocycles. The summed E-state index contributed by atoms with van der Waals surface area (Å²) in [6.07, 6.45) is 0. The van der Waals surface area contributed by atoms with Crippen LogP contribution in [0.5, 0.6) is 0 Å². The van der Waals surface area contributed by atoms with Crippen molar-refractivity contribution in [2.45, 2.75) is 0 Å². The van der Waals surface area contributed by atoms with Crippen molar-refractivity contribution in [3.8, 4) is 0 Å². The van der Waals surface area contributed by atoms with Crippen LogP contribution < -0.4 is 9.44 Å². The first-order chi connectivity index (χ1) is 5.13. The van der Waals surface area contributed by atoms with Crippen LogP contribution >= 0.6 is 12.1 Å². The molecular formula is C4H8N2O4S. The Labute approximate surface area is 67.2 Å². The van der Waals surface area contributed by atoms with E-state index < -0.39 is 11.9 Å². The Bertz CT molecular complexity index is 135. The van der Waals surface area contributed by atoms with Gasteiger partial charge in [-0.1, -0.05) is 0 Å². The van der Waals surface area contributed by atoms with Gasteiger partial charge in [-0.15, -0.1) is 0 Å². The molecule has 0 amide bonds. The van der Waals surface area contributed by atoms with E-state index in [1.54, 1.807) is 0 Å². The van der Waals surface area contributed by atoms with Crippen molar-refractivity contribution in [1.29, 1.82) is 0 Å². The van der Waals surface area contributed by atoms with Gasteiger partial charge in [-0.3, -0.25) is 9.59 Å². The molecule has 0 aliphatic carbocycles. The molecule has 11 heavy (non-hydrogen) atoms. The Morgan fingerprint density at radius 2 is 1.45 bits per heavy atom. The van der Waals surface area contributed by atoms with Crippen LogP contribution in [-0.4, -0.2) is 35.2 Å². The zero-order chi connectivity index (χ0) is 8.69. The highest BCUT2D eigenvalue weighted by Crippen LogP contribution is 1.81. The third-order valence-electron chi connectivity index (χ3n) is 0.591. The van der Waals surface area contributed by atoms with E-state index in [1.807, 2.05) is 0 Å². The van der Waals surface area contributed by atoms with E-state index >= 15 is 0 Å². The second-order valence-corrected chi connectivity index (χ2v) is 2.31. The molecule has 0 aliphatic heterocycles. The van der Waals surface area contributed by atoms with E-state index in [0.29, 0.717) is 0 Å². The number of hydrogen-bond donors (Lipinski definition) is 4. The zero-order valence-electron chi connectivity index (χ0n) is 5.53. The minimum atomic E-state index is -0.991. The fourth-order valence-corrected chi connectivity index (χ4v) is 0.740. The number of hydrogen-bond acceptors (Lipinski definition) is 5. The van der Waals surface area contributed by atoms with E-state index in [1.165, 1.54) is 0 Å². The first-order valence-electron chi connectivity index (χ1n) is 2.68. The number of carbonyl (C=O) groups is 2. The Hall–Kier alpha value is -0.790. The maximum Gasteiger partial charge on any atom is 0.318 e. The number of aliphatic carboxylic acids is 2. The van der Waals surface area contributed by atoms with Crippen LogP contribution in [-0.2, 0) is 9.59 Å². The minimum Gasteiger partial charge on any atom is -0.480 e. The predicted octanol–water partition coefficient (Wildman–Crippen LogP) is -1.10. The van der Waals surface area contributed by atoms with Gasteiger partial charge in [-0.25, -0.2) is 9.44 Å². The molecule has 0 spiro atoms. The fourth-order valence-electron chi connectivity index (χ4n) is 0.247. The molecule has 4 N–H and O–H groups in total. The first kappa shape index (κ1) is 10.2. The third kappa shape index (κ3) is 9.21. The van der Waals surface area contributed by atoms with Crippen LogP contribution in [0.15, 0.2) is 0 Å². The fraction of sp³-hybridized carbons (Fsp3) is 0.500. The van der Waals surface area contributed by atoms with Gasteiger partial charge in [0.05, 0.1) is 0 Å².